The number of phenolic OH excluding ortho intramolecular Hbond substituents is 1. The first kappa shape index (κ1) is 8.37. The fourth-order valence-corrected chi connectivity index (χ4v) is 1.13. The van der Waals surface area contributed by atoms with Gasteiger partial charge in [-0.15, -0.1) is 0 Å². The van der Waals surface area contributed by atoms with Gasteiger partial charge in [0.25, 0.3) is 0 Å². The topological polar surface area (TPSA) is 46.2 Å². The van der Waals surface area contributed by atoms with Crippen molar-refractivity contribution in [1.29, 1.82) is 0 Å². The number of aromatic hydroxyl groups is 1. The van der Waals surface area contributed by atoms with Gasteiger partial charge < -0.3 is 10.8 Å². The molecule has 2 nitrogen and oxygen atoms in total. The van der Waals surface area contributed by atoms with E-state index in [4.69, 9.17) is 17.3 Å². The molecule has 0 amide bonds. The second-order valence-corrected chi connectivity index (χ2v) is 2.76. The maximum Gasteiger partial charge on any atom is 0.119 e. The van der Waals surface area contributed by atoms with Crippen molar-refractivity contribution in [2.75, 3.05) is 0 Å². The van der Waals surface area contributed by atoms with E-state index in [0.717, 1.165) is 5.56 Å². The minimum Gasteiger partial charge on any atom is -0.508 e. The highest BCUT2D eigenvalue weighted by atomic mass is 35.5. The highest BCUT2D eigenvalue weighted by Crippen LogP contribution is 2.27. The summed E-state index contributed by atoms with van der Waals surface area (Å²) in [6.45, 7) is 2.16. The quantitative estimate of drug-likeness (QED) is 0.677. The third-order valence-electron chi connectivity index (χ3n) is 1.66. The lowest BCUT2D eigenvalue weighted by atomic mass is 10.1. The first-order chi connectivity index (χ1) is 5.16. The molecular formula is C8H10ClNO. The van der Waals surface area contributed by atoms with E-state index in [2.05, 4.69) is 0 Å². The van der Waals surface area contributed by atoms with Gasteiger partial charge in [-0.25, -0.2) is 0 Å². The van der Waals surface area contributed by atoms with Crippen molar-refractivity contribution < 1.29 is 5.11 Å². The van der Waals surface area contributed by atoms with Gasteiger partial charge in [0.2, 0.25) is 0 Å². The van der Waals surface area contributed by atoms with Crippen LogP contribution in [0.2, 0.25) is 5.02 Å². The maximum absolute atomic E-state index is 9.19. The van der Waals surface area contributed by atoms with Crippen LogP contribution < -0.4 is 5.73 Å². The Bertz CT molecular complexity index is 273. The Hall–Kier alpha value is -0.730. The van der Waals surface area contributed by atoms with Crippen LogP contribution in [0.4, 0.5) is 0 Å². The Morgan fingerprint density at radius 3 is 2.73 bits per heavy atom. The fourth-order valence-electron chi connectivity index (χ4n) is 0.889. The van der Waals surface area contributed by atoms with Crippen LogP contribution in [-0.4, -0.2) is 5.11 Å². The molecule has 3 N–H and O–H groups in total. The van der Waals surface area contributed by atoms with Crippen LogP contribution in [0.25, 0.3) is 0 Å². The van der Waals surface area contributed by atoms with Gasteiger partial charge in [-0.3, -0.25) is 0 Å². The van der Waals surface area contributed by atoms with Crippen LogP contribution in [0.3, 0.4) is 0 Å². The van der Waals surface area contributed by atoms with E-state index < -0.39 is 0 Å². The lowest BCUT2D eigenvalue weighted by Gasteiger charge is -2.05. The molecule has 1 aromatic rings. The van der Waals surface area contributed by atoms with E-state index in [9.17, 15) is 5.11 Å². The summed E-state index contributed by atoms with van der Waals surface area (Å²) in [4.78, 5) is 0. The summed E-state index contributed by atoms with van der Waals surface area (Å²) in [6.07, 6.45) is 0. The Morgan fingerprint density at radius 2 is 2.18 bits per heavy atom. The van der Waals surface area contributed by atoms with Crippen molar-refractivity contribution in [1.82, 2.24) is 0 Å². The van der Waals surface area contributed by atoms with E-state index in [1.54, 1.807) is 19.1 Å². The molecule has 0 saturated heterocycles. The molecule has 0 fully saturated rings. The first-order valence-electron chi connectivity index (χ1n) is 3.34. The molecule has 1 rings (SSSR count). The van der Waals surface area contributed by atoms with Crippen LogP contribution >= 0.6 is 11.6 Å². The Labute approximate surface area is 70.6 Å². The number of nitrogens with two attached hydrogens (primary N) is 1. The van der Waals surface area contributed by atoms with Crippen molar-refractivity contribution in [2.24, 2.45) is 5.73 Å². The monoisotopic (exact) mass is 171 g/mol. The van der Waals surface area contributed by atoms with Gasteiger partial charge >= 0.3 is 0 Å². The lowest BCUT2D eigenvalue weighted by Crippen LogP contribution is -1.97. The van der Waals surface area contributed by atoms with Gasteiger partial charge in [0.1, 0.15) is 5.75 Å². The van der Waals surface area contributed by atoms with Crippen molar-refractivity contribution >= 4 is 11.6 Å². The van der Waals surface area contributed by atoms with Gasteiger partial charge in [-0.05, 0) is 18.6 Å². The largest absolute Gasteiger partial charge is 0.508 e. The molecule has 0 unspecified atom stereocenters. The van der Waals surface area contributed by atoms with E-state index in [-0.39, 0.29) is 5.75 Å². The van der Waals surface area contributed by atoms with Crippen LogP contribution in [0.1, 0.15) is 11.1 Å². The molecule has 0 aliphatic rings. The number of benzene rings is 1. The lowest BCUT2D eigenvalue weighted by molar-refractivity contribution is 0.471. The molecule has 60 valence electrons. The van der Waals surface area contributed by atoms with E-state index in [1.807, 2.05) is 0 Å². The summed E-state index contributed by atoms with van der Waals surface area (Å²) >= 11 is 5.86. The maximum atomic E-state index is 9.19. The summed E-state index contributed by atoms with van der Waals surface area (Å²) in [6, 6.07) is 3.33. The van der Waals surface area contributed by atoms with Gasteiger partial charge in [0, 0.05) is 12.1 Å². The molecule has 0 bridgehead atoms. The summed E-state index contributed by atoms with van der Waals surface area (Å²) in [5.74, 6) is 0.215. The average molecular weight is 172 g/mol. The third-order valence-corrected chi connectivity index (χ3v) is 2.18. The number of rotatable bonds is 1. The van der Waals surface area contributed by atoms with Gasteiger partial charge in [-0.2, -0.15) is 0 Å². The summed E-state index contributed by atoms with van der Waals surface area (Å²) in [5.41, 5.74) is 6.96. The van der Waals surface area contributed by atoms with E-state index >= 15 is 0 Å². The zero-order valence-electron chi connectivity index (χ0n) is 6.26. The summed E-state index contributed by atoms with van der Waals surface area (Å²) in [5, 5.41) is 9.76. The number of phenols is 1. The molecular weight excluding hydrogens is 162 g/mol. The molecule has 11 heavy (non-hydrogen) atoms. The predicted octanol–water partition coefficient (Wildman–Crippen LogP) is 1.81. The van der Waals surface area contributed by atoms with Crippen molar-refractivity contribution in [2.45, 2.75) is 13.5 Å². The highest BCUT2D eigenvalue weighted by Gasteiger charge is 2.04. The fraction of sp³-hybridized carbons (Fsp3) is 0.250. The van der Waals surface area contributed by atoms with E-state index in [1.165, 1.54) is 0 Å². The molecule has 0 aliphatic carbocycles. The standard InChI is InChI=1S/C8H10ClNO/c1-5-7(11)3-2-6(4-10)8(5)9/h2-3,11H,4,10H2,1H3. The van der Waals surface area contributed by atoms with Gasteiger partial charge in [0.05, 0.1) is 5.02 Å². The SMILES string of the molecule is Cc1c(O)ccc(CN)c1Cl. The minimum atomic E-state index is 0.215. The Morgan fingerprint density at radius 1 is 1.55 bits per heavy atom. The number of hydrogen-bond donors (Lipinski definition) is 2. The molecule has 0 radical (unpaired) electrons. The van der Waals surface area contributed by atoms with Crippen molar-refractivity contribution in [3.63, 3.8) is 0 Å². The van der Waals surface area contributed by atoms with Crippen molar-refractivity contribution in [3.05, 3.63) is 28.3 Å². The van der Waals surface area contributed by atoms with Crippen LogP contribution in [-0.2, 0) is 6.54 Å². The average Bonchev–Trinajstić information content (AvgIpc) is 2.01. The highest BCUT2D eigenvalue weighted by molar-refractivity contribution is 6.32. The number of halogens is 1. The molecule has 0 atom stereocenters. The van der Waals surface area contributed by atoms with Gasteiger partial charge in [0.15, 0.2) is 0 Å². The Kier molecular flexibility index (Phi) is 2.37. The number of hydrogen-bond acceptors (Lipinski definition) is 2. The smallest absolute Gasteiger partial charge is 0.119 e. The molecule has 0 aliphatic heterocycles. The molecule has 3 heteroatoms. The normalized spacial score (nSPS) is 10.1. The zero-order valence-corrected chi connectivity index (χ0v) is 7.02. The first-order valence-corrected chi connectivity index (χ1v) is 3.71. The minimum absolute atomic E-state index is 0.215. The molecule has 1 aromatic carbocycles. The molecule has 0 heterocycles. The van der Waals surface area contributed by atoms with Crippen LogP contribution in [0, 0.1) is 6.92 Å². The Balaban J connectivity index is 3.25. The molecule has 0 spiro atoms. The molecule has 0 saturated carbocycles. The molecule has 0 aromatic heterocycles. The summed E-state index contributed by atoms with van der Waals surface area (Å²) < 4.78 is 0. The predicted molar refractivity (Wildman–Crippen MR) is 45.7 cm³/mol. The second kappa shape index (κ2) is 3.11. The zero-order chi connectivity index (χ0) is 8.43. The van der Waals surface area contributed by atoms with E-state index in [0.29, 0.717) is 17.1 Å². The van der Waals surface area contributed by atoms with Crippen molar-refractivity contribution in [3.8, 4) is 5.75 Å². The van der Waals surface area contributed by atoms with Gasteiger partial charge in [-0.1, -0.05) is 17.7 Å². The summed E-state index contributed by atoms with van der Waals surface area (Å²) in [7, 11) is 0. The van der Waals surface area contributed by atoms with Crippen LogP contribution in [0.15, 0.2) is 12.1 Å². The van der Waals surface area contributed by atoms with Crippen LogP contribution in [0.5, 0.6) is 5.75 Å². The second-order valence-electron chi connectivity index (χ2n) is 2.39. The third kappa shape index (κ3) is 1.47.